The topological polar surface area (TPSA) is 0 Å². The van der Waals surface area contributed by atoms with Gasteiger partial charge in [0, 0.05) is 5.02 Å². The molecule has 136 valence electrons. The van der Waals surface area contributed by atoms with E-state index in [-0.39, 0.29) is 16.2 Å². The minimum atomic E-state index is 0.124. The maximum absolute atomic E-state index is 6.05. The Labute approximate surface area is 159 Å². The molecule has 0 saturated carbocycles. The van der Waals surface area contributed by atoms with Crippen LogP contribution in [0.1, 0.15) is 71.6 Å². The monoisotopic (exact) mass is 356 g/mol. The normalized spacial score (nSPS) is 13.1. The smallest absolute Gasteiger partial charge is 0.0406 e. The zero-order chi connectivity index (χ0) is 18.9. The van der Waals surface area contributed by atoms with Crippen molar-refractivity contribution in [1.29, 1.82) is 0 Å². The van der Waals surface area contributed by atoms with E-state index in [0.29, 0.717) is 0 Å². The highest BCUT2D eigenvalue weighted by molar-refractivity contribution is 6.30. The largest absolute Gasteiger partial charge is 0.0843 e. The van der Waals surface area contributed by atoms with Gasteiger partial charge in [-0.15, -0.1) is 0 Å². The molecule has 0 radical (unpaired) electrons. The molecule has 2 rings (SSSR count). The van der Waals surface area contributed by atoms with Crippen molar-refractivity contribution in [1.82, 2.24) is 0 Å². The van der Waals surface area contributed by atoms with Gasteiger partial charge in [0.2, 0.25) is 0 Å². The Morgan fingerprint density at radius 2 is 1.16 bits per heavy atom. The van der Waals surface area contributed by atoms with E-state index in [9.17, 15) is 0 Å². The van der Waals surface area contributed by atoms with E-state index in [4.69, 9.17) is 11.6 Å². The van der Waals surface area contributed by atoms with E-state index in [1.54, 1.807) is 0 Å². The fraction of sp³-hybridized carbons (Fsp3) is 0.500. The number of benzene rings is 2. The van der Waals surface area contributed by atoms with Crippen molar-refractivity contribution < 1.29 is 0 Å². The Kier molecular flexibility index (Phi) is 5.74. The fourth-order valence-electron chi connectivity index (χ4n) is 3.94. The maximum Gasteiger partial charge on any atom is 0.0406 e. The molecule has 1 heteroatoms. The van der Waals surface area contributed by atoms with Crippen molar-refractivity contribution in [3.63, 3.8) is 0 Å². The summed E-state index contributed by atoms with van der Waals surface area (Å²) in [6.45, 7) is 16.2. The molecule has 0 fully saturated rings. The molecule has 0 atom stereocenters. The maximum atomic E-state index is 6.05. The summed E-state index contributed by atoms with van der Waals surface area (Å²) in [5.41, 5.74) is 4.74. The van der Waals surface area contributed by atoms with Gasteiger partial charge in [-0.2, -0.15) is 0 Å². The summed E-state index contributed by atoms with van der Waals surface area (Å²) < 4.78 is 0. The Bertz CT molecular complexity index is 682. The summed E-state index contributed by atoms with van der Waals surface area (Å²) in [6, 6.07) is 17.5. The highest BCUT2D eigenvalue weighted by Crippen LogP contribution is 2.39. The summed E-state index contributed by atoms with van der Waals surface area (Å²) in [6.07, 6.45) is 2.22. The first kappa shape index (κ1) is 20.0. The second kappa shape index (κ2) is 7.16. The summed E-state index contributed by atoms with van der Waals surface area (Å²) in [7, 11) is 0. The Balaban J connectivity index is 2.11. The quantitative estimate of drug-likeness (QED) is 0.518. The van der Waals surface area contributed by atoms with E-state index in [1.807, 2.05) is 12.1 Å². The number of rotatable bonds is 5. The van der Waals surface area contributed by atoms with Gasteiger partial charge in [-0.05, 0) is 57.9 Å². The number of hydrogen-bond acceptors (Lipinski definition) is 0. The lowest BCUT2D eigenvalue weighted by molar-refractivity contribution is 0.255. The molecule has 2 aromatic rings. The van der Waals surface area contributed by atoms with Crippen molar-refractivity contribution in [2.24, 2.45) is 5.41 Å². The van der Waals surface area contributed by atoms with Crippen LogP contribution in [0.25, 0.3) is 0 Å². The van der Waals surface area contributed by atoms with Crippen molar-refractivity contribution in [3.8, 4) is 0 Å². The molecule has 2 aromatic carbocycles. The Morgan fingerprint density at radius 3 is 1.64 bits per heavy atom. The van der Waals surface area contributed by atoms with E-state index in [1.165, 1.54) is 16.7 Å². The molecule has 25 heavy (non-hydrogen) atoms. The van der Waals surface area contributed by atoms with Gasteiger partial charge < -0.3 is 0 Å². The SMILES string of the molecule is CC(C)(Cc1ccc(C(C)(C)C)cc1)CC(C)(C)c1ccc(Cl)cc1. The zero-order valence-electron chi connectivity index (χ0n) is 16.9. The van der Waals surface area contributed by atoms with Crippen LogP contribution in [0.3, 0.4) is 0 Å². The molecular formula is C24H33Cl. The van der Waals surface area contributed by atoms with Gasteiger partial charge in [0.1, 0.15) is 0 Å². The summed E-state index contributed by atoms with van der Waals surface area (Å²) in [5, 5.41) is 0.803. The van der Waals surface area contributed by atoms with E-state index in [2.05, 4.69) is 84.9 Å². The lowest BCUT2D eigenvalue weighted by Crippen LogP contribution is -2.28. The molecule has 0 unspecified atom stereocenters. The second-order valence-corrected chi connectivity index (χ2v) is 10.3. The molecule has 0 aromatic heterocycles. The van der Waals surface area contributed by atoms with Crippen LogP contribution in [-0.2, 0) is 17.3 Å². The first-order valence-electron chi connectivity index (χ1n) is 9.25. The molecule has 0 bridgehead atoms. The predicted molar refractivity (Wildman–Crippen MR) is 112 cm³/mol. The van der Waals surface area contributed by atoms with Crippen LogP contribution in [0, 0.1) is 5.41 Å². The molecule has 0 spiro atoms. The molecule has 0 heterocycles. The first-order valence-corrected chi connectivity index (χ1v) is 9.62. The zero-order valence-corrected chi connectivity index (χ0v) is 17.7. The first-order chi connectivity index (χ1) is 11.4. The molecule has 0 aliphatic heterocycles. The summed E-state index contributed by atoms with van der Waals surface area (Å²) >= 11 is 6.05. The molecule has 0 amide bonds. The minimum absolute atomic E-state index is 0.124. The van der Waals surface area contributed by atoms with Gasteiger partial charge in [-0.25, -0.2) is 0 Å². The fourth-order valence-corrected chi connectivity index (χ4v) is 4.06. The molecular weight excluding hydrogens is 324 g/mol. The third kappa shape index (κ3) is 5.61. The third-order valence-electron chi connectivity index (χ3n) is 5.05. The highest BCUT2D eigenvalue weighted by Gasteiger charge is 2.30. The van der Waals surface area contributed by atoms with Gasteiger partial charge in [-0.1, -0.05) is 96.5 Å². The average molecular weight is 357 g/mol. The van der Waals surface area contributed by atoms with Crippen LogP contribution in [0.5, 0.6) is 0 Å². The number of hydrogen-bond donors (Lipinski definition) is 0. The minimum Gasteiger partial charge on any atom is -0.0843 e. The van der Waals surface area contributed by atoms with Crippen LogP contribution in [0.2, 0.25) is 5.02 Å². The van der Waals surface area contributed by atoms with Crippen molar-refractivity contribution in [3.05, 3.63) is 70.2 Å². The predicted octanol–water partition coefficient (Wildman–Crippen LogP) is 7.57. The van der Waals surface area contributed by atoms with Gasteiger partial charge in [0.25, 0.3) is 0 Å². The van der Waals surface area contributed by atoms with Crippen molar-refractivity contribution >= 4 is 11.6 Å². The van der Waals surface area contributed by atoms with E-state index < -0.39 is 0 Å². The third-order valence-corrected chi connectivity index (χ3v) is 5.30. The molecule has 0 aliphatic rings. The Hall–Kier alpha value is -1.27. The lowest BCUT2D eigenvalue weighted by Gasteiger charge is -2.36. The van der Waals surface area contributed by atoms with Gasteiger partial charge in [0.05, 0.1) is 0 Å². The average Bonchev–Trinajstić information content (AvgIpc) is 2.45. The van der Waals surface area contributed by atoms with Gasteiger partial charge in [-0.3, -0.25) is 0 Å². The van der Waals surface area contributed by atoms with Crippen molar-refractivity contribution in [2.45, 2.75) is 72.1 Å². The molecule has 0 aliphatic carbocycles. The second-order valence-electron chi connectivity index (χ2n) is 9.86. The highest BCUT2D eigenvalue weighted by atomic mass is 35.5. The van der Waals surface area contributed by atoms with Crippen LogP contribution >= 0.6 is 11.6 Å². The van der Waals surface area contributed by atoms with E-state index >= 15 is 0 Å². The molecule has 0 saturated heterocycles. The standard InChI is InChI=1S/C24H33Cl/c1-22(2,3)19-10-8-18(9-11-19)16-23(4,5)17-24(6,7)20-12-14-21(25)15-13-20/h8-15H,16-17H2,1-7H3. The Morgan fingerprint density at radius 1 is 0.680 bits per heavy atom. The molecule has 0 nitrogen and oxygen atoms in total. The number of halogens is 1. The van der Waals surface area contributed by atoms with Crippen LogP contribution in [0.4, 0.5) is 0 Å². The van der Waals surface area contributed by atoms with Crippen molar-refractivity contribution in [2.75, 3.05) is 0 Å². The van der Waals surface area contributed by atoms with Gasteiger partial charge in [0.15, 0.2) is 0 Å². The van der Waals surface area contributed by atoms with Gasteiger partial charge >= 0.3 is 0 Å². The summed E-state index contributed by atoms with van der Waals surface area (Å²) in [4.78, 5) is 0. The lowest BCUT2D eigenvalue weighted by atomic mass is 9.69. The molecule has 0 N–H and O–H groups in total. The van der Waals surface area contributed by atoms with Crippen LogP contribution in [0.15, 0.2) is 48.5 Å². The van der Waals surface area contributed by atoms with E-state index in [0.717, 1.165) is 17.9 Å². The van der Waals surface area contributed by atoms with Crippen LogP contribution < -0.4 is 0 Å². The van der Waals surface area contributed by atoms with Crippen LogP contribution in [-0.4, -0.2) is 0 Å². The summed E-state index contributed by atoms with van der Waals surface area (Å²) in [5.74, 6) is 0.